The molecule has 0 aromatic heterocycles. The van der Waals surface area contributed by atoms with Gasteiger partial charge in [-0.2, -0.15) is 0 Å². The third kappa shape index (κ3) is 4.17. The highest BCUT2D eigenvalue weighted by Gasteiger charge is 2.51. The number of methoxy groups -OCH3 is 2. The van der Waals surface area contributed by atoms with Gasteiger partial charge in [0.25, 0.3) is 0 Å². The van der Waals surface area contributed by atoms with E-state index in [0.717, 1.165) is 43.4 Å². The molecule has 2 fully saturated rings. The molecule has 1 heterocycles. The second-order valence-corrected chi connectivity index (χ2v) is 8.96. The molecule has 1 aromatic carbocycles. The van der Waals surface area contributed by atoms with E-state index < -0.39 is 5.41 Å². The van der Waals surface area contributed by atoms with E-state index in [-0.39, 0.29) is 17.9 Å². The molecule has 6 nitrogen and oxygen atoms in total. The zero-order valence-corrected chi connectivity index (χ0v) is 18.7. The van der Waals surface area contributed by atoms with E-state index in [9.17, 15) is 9.59 Å². The predicted octanol–water partition coefficient (Wildman–Crippen LogP) is 3.98. The zero-order chi connectivity index (χ0) is 21.8. The van der Waals surface area contributed by atoms with Crippen LogP contribution in [0.25, 0.3) is 0 Å². The lowest BCUT2D eigenvalue weighted by molar-refractivity contribution is -0.142. The van der Waals surface area contributed by atoms with Gasteiger partial charge in [-0.3, -0.25) is 9.59 Å². The second kappa shape index (κ2) is 9.33. The summed E-state index contributed by atoms with van der Waals surface area (Å²) in [7, 11) is 3.25. The molecule has 4 rings (SSSR count). The first kappa shape index (κ1) is 21.7. The molecule has 1 saturated carbocycles. The van der Waals surface area contributed by atoms with Gasteiger partial charge in [-0.15, -0.1) is 0 Å². The number of nitrogens with one attached hydrogen (secondary N) is 1. The van der Waals surface area contributed by atoms with Gasteiger partial charge < -0.3 is 19.7 Å². The Balaban J connectivity index is 1.46. The first-order valence-corrected chi connectivity index (χ1v) is 11.6. The number of hydrogen-bond donors (Lipinski definition) is 1. The Labute approximate surface area is 185 Å². The van der Waals surface area contributed by atoms with Crippen molar-refractivity contribution in [1.82, 2.24) is 10.2 Å². The molecule has 1 atom stereocenters. The van der Waals surface area contributed by atoms with Crippen molar-refractivity contribution < 1.29 is 19.1 Å². The molecule has 1 aromatic rings. The summed E-state index contributed by atoms with van der Waals surface area (Å²) < 4.78 is 10.7. The van der Waals surface area contributed by atoms with Crippen LogP contribution in [-0.2, 0) is 16.0 Å². The van der Waals surface area contributed by atoms with E-state index >= 15 is 0 Å². The molecular formula is C25H34N2O4. The number of nitrogens with zero attached hydrogens (tertiary/aromatic N) is 1. The Morgan fingerprint density at radius 3 is 2.65 bits per heavy atom. The average molecular weight is 427 g/mol. The lowest BCUT2D eigenvalue weighted by Gasteiger charge is -2.48. The SMILES string of the molecule is COc1ccc(CCNC(=O)C23CCCC=C2N(C2CCCC2)C(=O)CC3)cc1OC. The number of ether oxygens (including phenoxy) is 2. The Hall–Kier alpha value is -2.50. The number of carbonyl (C=O) groups excluding carboxylic acids is 2. The lowest BCUT2D eigenvalue weighted by Crippen LogP contribution is -2.55. The highest BCUT2D eigenvalue weighted by atomic mass is 16.5. The minimum atomic E-state index is -0.549. The molecule has 1 aliphatic heterocycles. The van der Waals surface area contributed by atoms with Crippen LogP contribution in [0.4, 0.5) is 0 Å². The van der Waals surface area contributed by atoms with Crippen molar-refractivity contribution in [2.75, 3.05) is 20.8 Å². The van der Waals surface area contributed by atoms with Crippen molar-refractivity contribution in [2.24, 2.45) is 5.41 Å². The van der Waals surface area contributed by atoms with Crippen LogP contribution in [0.5, 0.6) is 11.5 Å². The summed E-state index contributed by atoms with van der Waals surface area (Å²) in [5.74, 6) is 1.67. The summed E-state index contributed by atoms with van der Waals surface area (Å²) >= 11 is 0. The van der Waals surface area contributed by atoms with Crippen LogP contribution in [0.15, 0.2) is 30.0 Å². The van der Waals surface area contributed by atoms with Crippen LogP contribution in [0.1, 0.15) is 63.4 Å². The van der Waals surface area contributed by atoms with Crippen molar-refractivity contribution in [2.45, 2.75) is 70.3 Å². The molecule has 31 heavy (non-hydrogen) atoms. The number of likely N-dealkylation sites (tertiary alicyclic amines) is 1. The van der Waals surface area contributed by atoms with Crippen molar-refractivity contribution in [3.63, 3.8) is 0 Å². The number of benzene rings is 1. The fraction of sp³-hybridized carbons (Fsp3) is 0.600. The van der Waals surface area contributed by atoms with E-state index in [1.165, 1.54) is 12.8 Å². The summed E-state index contributed by atoms with van der Waals surface area (Å²) in [6.45, 7) is 0.556. The normalized spacial score (nSPS) is 23.9. The Kier molecular flexibility index (Phi) is 6.54. The number of carbonyl (C=O) groups is 2. The Bertz CT molecular complexity index is 859. The van der Waals surface area contributed by atoms with Crippen molar-refractivity contribution in [3.05, 3.63) is 35.5 Å². The predicted molar refractivity (Wildman–Crippen MR) is 119 cm³/mol. The van der Waals surface area contributed by atoms with Crippen LogP contribution >= 0.6 is 0 Å². The van der Waals surface area contributed by atoms with E-state index in [4.69, 9.17) is 9.47 Å². The van der Waals surface area contributed by atoms with Gasteiger partial charge in [0.05, 0.1) is 19.6 Å². The molecule has 0 bridgehead atoms. The van der Waals surface area contributed by atoms with Gasteiger partial charge in [0.1, 0.15) is 0 Å². The van der Waals surface area contributed by atoms with Crippen molar-refractivity contribution >= 4 is 11.8 Å². The molecule has 1 unspecified atom stereocenters. The highest BCUT2D eigenvalue weighted by molar-refractivity contribution is 5.91. The quantitative estimate of drug-likeness (QED) is 0.716. The van der Waals surface area contributed by atoms with Crippen molar-refractivity contribution in [3.8, 4) is 11.5 Å². The monoisotopic (exact) mass is 426 g/mol. The maximum atomic E-state index is 13.5. The molecule has 6 heteroatoms. The van der Waals surface area contributed by atoms with Gasteiger partial charge in [-0.1, -0.05) is 25.0 Å². The Morgan fingerprint density at radius 1 is 1.13 bits per heavy atom. The van der Waals surface area contributed by atoms with Crippen LogP contribution in [0.3, 0.4) is 0 Å². The summed E-state index contributed by atoms with van der Waals surface area (Å²) in [6.07, 6.45) is 11.2. The first-order chi connectivity index (χ1) is 15.1. The molecule has 1 saturated heterocycles. The number of hydrogen-bond acceptors (Lipinski definition) is 4. The largest absolute Gasteiger partial charge is 0.493 e. The third-order valence-electron chi connectivity index (χ3n) is 7.20. The number of allylic oxidation sites excluding steroid dienone is 1. The molecular weight excluding hydrogens is 392 g/mol. The van der Waals surface area contributed by atoms with Crippen LogP contribution < -0.4 is 14.8 Å². The van der Waals surface area contributed by atoms with Gasteiger partial charge in [0, 0.05) is 24.7 Å². The highest BCUT2D eigenvalue weighted by Crippen LogP contribution is 2.49. The second-order valence-electron chi connectivity index (χ2n) is 8.96. The van der Waals surface area contributed by atoms with E-state index in [0.29, 0.717) is 37.3 Å². The molecule has 0 radical (unpaired) electrons. The van der Waals surface area contributed by atoms with Gasteiger partial charge in [0.15, 0.2) is 11.5 Å². The summed E-state index contributed by atoms with van der Waals surface area (Å²) in [5, 5.41) is 3.19. The van der Waals surface area contributed by atoms with Gasteiger partial charge in [-0.25, -0.2) is 0 Å². The number of fused-ring (bicyclic) bond motifs is 1. The van der Waals surface area contributed by atoms with E-state index in [1.807, 2.05) is 23.1 Å². The van der Waals surface area contributed by atoms with Crippen LogP contribution in [0.2, 0.25) is 0 Å². The summed E-state index contributed by atoms with van der Waals surface area (Å²) in [4.78, 5) is 28.4. The molecule has 2 amide bonds. The zero-order valence-electron chi connectivity index (χ0n) is 18.7. The third-order valence-corrected chi connectivity index (χ3v) is 7.20. The number of amides is 2. The first-order valence-electron chi connectivity index (χ1n) is 11.6. The average Bonchev–Trinajstić information content (AvgIpc) is 3.33. The van der Waals surface area contributed by atoms with Gasteiger partial charge in [0.2, 0.25) is 11.8 Å². The topological polar surface area (TPSA) is 67.9 Å². The molecule has 1 N–H and O–H groups in total. The number of rotatable bonds is 7. The fourth-order valence-corrected chi connectivity index (χ4v) is 5.56. The van der Waals surface area contributed by atoms with Crippen molar-refractivity contribution in [1.29, 1.82) is 0 Å². The van der Waals surface area contributed by atoms with Crippen LogP contribution in [0, 0.1) is 5.41 Å². The standard InChI is InChI=1S/C25H34N2O4/c1-30-20-11-10-18(17-21(20)31-2)13-16-26-24(29)25-14-6-5-9-22(25)27(23(28)12-15-25)19-7-3-4-8-19/h9-11,17,19H,3-8,12-16H2,1-2H3,(H,26,29). The van der Waals surface area contributed by atoms with E-state index in [2.05, 4.69) is 11.4 Å². The lowest BCUT2D eigenvalue weighted by atomic mass is 9.68. The summed E-state index contributed by atoms with van der Waals surface area (Å²) in [6, 6.07) is 6.12. The molecule has 3 aliphatic rings. The maximum Gasteiger partial charge on any atom is 0.232 e. The summed E-state index contributed by atoms with van der Waals surface area (Å²) in [5.41, 5.74) is 1.53. The van der Waals surface area contributed by atoms with Gasteiger partial charge in [-0.05, 0) is 62.6 Å². The minimum absolute atomic E-state index is 0.0782. The number of piperidine rings is 1. The van der Waals surface area contributed by atoms with Gasteiger partial charge >= 0.3 is 0 Å². The smallest absolute Gasteiger partial charge is 0.232 e. The van der Waals surface area contributed by atoms with E-state index in [1.54, 1.807) is 14.2 Å². The minimum Gasteiger partial charge on any atom is -0.493 e. The fourth-order valence-electron chi connectivity index (χ4n) is 5.56. The van der Waals surface area contributed by atoms with Crippen LogP contribution in [-0.4, -0.2) is 43.5 Å². The molecule has 0 spiro atoms. The Morgan fingerprint density at radius 2 is 1.90 bits per heavy atom. The molecule has 168 valence electrons. The maximum absolute atomic E-state index is 13.5. The molecule has 2 aliphatic carbocycles.